The van der Waals surface area contributed by atoms with Crippen LogP contribution in [0, 0.1) is 5.82 Å². The Balaban J connectivity index is 1.34. The smallest absolute Gasteiger partial charge is 0.323 e. The molecule has 0 radical (unpaired) electrons. The van der Waals surface area contributed by atoms with Crippen LogP contribution in [0.2, 0.25) is 0 Å². The lowest BCUT2D eigenvalue weighted by molar-refractivity contribution is -0.00539. The van der Waals surface area contributed by atoms with Crippen molar-refractivity contribution in [1.82, 2.24) is 4.98 Å². The first-order valence-electron chi connectivity index (χ1n) is 11.0. The fraction of sp³-hybridized carbons (Fsp3) is 0.478. The van der Waals surface area contributed by atoms with E-state index in [1.165, 1.54) is 25.3 Å². The molecule has 3 heterocycles. The zero-order valence-electron chi connectivity index (χ0n) is 18.1. The Hall–Kier alpha value is -2.87. The zero-order chi connectivity index (χ0) is 21.8. The van der Waals surface area contributed by atoms with Crippen molar-refractivity contribution >= 4 is 28.9 Å². The van der Waals surface area contributed by atoms with Crippen molar-refractivity contribution in [3.63, 3.8) is 0 Å². The van der Waals surface area contributed by atoms with Crippen molar-refractivity contribution in [3.8, 4) is 0 Å². The first-order chi connectivity index (χ1) is 15.0. The van der Waals surface area contributed by atoms with E-state index in [-0.39, 0.29) is 18.0 Å². The van der Waals surface area contributed by atoms with Crippen LogP contribution < -0.4 is 20.4 Å². The van der Waals surface area contributed by atoms with Gasteiger partial charge in [0.2, 0.25) is 0 Å². The van der Waals surface area contributed by atoms with Gasteiger partial charge in [0.15, 0.2) is 0 Å². The Morgan fingerprint density at radius 2 is 1.68 bits per heavy atom. The molecule has 4 rings (SSSR count). The van der Waals surface area contributed by atoms with E-state index in [4.69, 9.17) is 4.74 Å². The minimum atomic E-state index is -0.437. The third kappa shape index (κ3) is 5.44. The third-order valence-electron chi connectivity index (χ3n) is 5.65. The number of rotatable bonds is 4. The first kappa shape index (κ1) is 21.4. The SMILES string of the molecule is C[C@@H]1CN(c2ccc(NC(=O)Nc3ccc(N4CCCCC4)nc3)cc2F)C[C@H](C)O1. The average Bonchev–Trinajstić information content (AvgIpc) is 2.74. The number of carbonyl (C=O) groups is 1. The highest BCUT2D eigenvalue weighted by Crippen LogP contribution is 2.26. The highest BCUT2D eigenvalue weighted by molar-refractivity contribution is 5.99. The number of ether oxygens (including phenoxy) is 1. The van der Waals surface area contributed by atoms with Gasteiger partial charge in [0.05, 0.1) is 29.8 Å². The standard InChI is InChI=1S/C23H30FN5O2/c1-16-14-29(15-17(2)31-16)21-8-6-18(12-20(21)24)26-23(30)27-19-7-9-22(25-13-19)28-10-4-3-5-11-28/h6-9,12-13,16-17H,3-5,10-11,14-15H2,1-2H3,(H2,26,27,30)/t16-,17+. The maximum absolute atomic E-state index is 14.7. The molecule has 166 valence electrons. The molecule has 2 saturated heterocycles. The topological polar surface area (TPSA) is 69.7 Å². The maximum atomic E-state index is 14.7. The fourth-order valence-electron chi connectivity index (χ4n) is 4.28. The molecule has 0 bridgehead atoms. The summed E-state index contributed by atoms with van der Waals surface area (Å²) in [6, 6.07) is 8.07. The normalized spacial score (nSPS) is 21.6. The number of aromatic nitrogens is 1. The predicted molar refractivity (Wildman–Crippen MR) is 122 cm³/mol. The Kier molecular flexibility index (Phi) is 6.56. The van der Waals surface area contributed by atoms with Gasteiger partial charge in [0, 0.05) is 31.9 Å². The van der Waals surface area contributed by atoms with Gasteiger partial charge in [0.1, 0.15) is 11.6 Å². The molecular formula is C23H30FN5O2. The second-order valence-electron chi connectivity index (χ2n) is 8.36. The number of hydrogen-bond donors (Lipinski definition) is 2. The fourth-order valence-corrected chi connectivity index (χ4v) is 4.28. The van der Waals surface area contributed by atoms with Gasteiger partial charge >= 0.3 is 6.03 Å². The van der Waals surface area contributed by atoms with Crippen LogP contribution in [0.25, 0.3) is 0 Å². The van der Waals surface area contributed by atoms with Crippen LogP contribution in [-0.2, 0) is 4.74 Å². The van der Waals surface area contributed by atoms with E-state index in [1.807, 2.05) is 30.9 Å². The molecule has 7 nitrogen and oxygen atoms in total. The van der Waals surface area contributed by atoms with E-state index in [9.17, 15) is 9.18 Å². The van der Waals surface area contributed by atoms with Gasteiger partial charge in [-0.2, -0.15) is 0 Å². The van der Waals surface area contributed by atoms with E-state index in [2.05, 4.69) is 20.5 Å². The highest BCUT2D eigenvalue weighted by Gasteiger charge is 2.24. The summed E-state index contributed by atoms with van der Waals surface area (Å²) in [6.07, 6.45) is 5.37. The molecule has 2 atom stereocenters. The molecule has 1 aromatic carbocycles. The van der Waals surface area contributed by atoms with Crippen molar-refractivity contribution in [3.05, 3.63) is 42.3 Å². The number of nitrogens with one attached hydrogen (secondary N) is 2. The molecule has 2 fully saturated rings. The molecule has 1 aromatic heterocycles. The number of carbonyl (C=O) groups excluding carboxylic acids is 1. The van der Waals surface area contributed by atoms with Crippen LogP contribution in [-0.4, -0.2) is 49.4 Å². The number of urea groups is 1. The molecule has 0 spiro atoms. The lowest BCUT2D eigenvalue weighted by Crippen LogP contribution is -2.45. The van der Waals surface area contributed by atoms with Crippen LogP contribution >= 0.6 is 0 Å². The quantitative estimate of drug-likeness (QED) is 0.754. The summed E-state index contributed by atoms with van der Waals surface area (Å²) >= 11 is 0. The number of hydrogen-bond acceptors (Lipinski definition) is 5. The van der Waals surface area contributed by atoms with Gasteiger partial charge in [0.25, 0.3) is 0 Å². The van der Waals surface area contributed by atoms with Crippen LogP contribution in [0.5, 0.6) is 0 Å². The minimum absolute atomic E-state index is 0.0432. The maximum Gasteiger partial charge on any atom is 0.323 e. The molecule has 8 heteroatoms. The number of benzene rings is 1. The summed E-state index contributed by atoms with van der Waals surface area (Å²) in [5.41, 5.74) is 1.50. The van der Waals surface area contributed by atoms with E-state index >= 15 is 0 Å². The molecule has 31 heavy (non-hydrogen) atoms. The molecule has 0 unspecified atom stereocenters. The highest BCUT2D eigenvalue weighted by atomic mass is 19.1. The van der Waals surface area contributed by atoms with Gasteiger partial charge in [-0.25, -0.2) is 14.2 Å². The Bertz CT molecular complexity index is 891. The predicted octanol–water partition coefficient (Wildman–Crippen LogP) is 4.47. The van der Waals surface area contributed by atoms with Crippen LogP contribution in [0.15, 0.2) is 36.5 Å². The molecule has 2 aliphatic rings. The molecule has 2 aromatic rings. The minimum Gasteiger partial charge on any atom is -0.372 e. The van der Waals surface area contributed by atoms with Gasteiger partial charge < -0.3 is 25.2 Å². The van der Waals surface area contributed by atoms with Gasteiger partial charge in [-0.1, -0.05) is 0 Å². The van der Waals surface area contributed by atoms with E-state index in [0.717, 1.165) is 18.9 Å². The zero-order valence-corrected chi connectivity index (χ0v) is 18.1. The Labute approximate surface area is 182 Å². The number of nitrogens with zero attached hydrogens (tertiary/aromatic N) is 3. The van der Waals surface area contributed by atoms with Gasteiger partial charge in [-0.3, -0.25) is 0 Å². The molecule has 0 aliphatic carbocycles. The van der Waals surface area contributed by atoms with Crippen LogP contribution in [0.1, 0.15) is 33.1 Å². The summed E-state index contributed by atoms with van der Waals surface area (Å²) in [5, 5.41) is 5.43. The Morgan fingerprint density at radius 1 is 1.00 bits per heavy atom. The van der Waals surface area contributed by atoms with Gasteiger partial charge in [-0.05, 0) is 63.4 Å². The largest absolute Gasteiger partial charge is 0.372 e. The third-order valence-corrected chi connectivity index (χ3v) is 5.65. The lowest BCUT2D eigenvalue weighted by Gasteiger charge is -2.37. The molecular weight excluding hydrogens is 397 g/mol. The van der Waals surface area contributed by atoms with Crippen molar-refractivity contribution in [1.29, 1.82) is 0 Å². The van der Waals surface area contributed by atoms with Crippen molar-refractivity contribution in [2.75, 3.05) is 46.6 Å². The van der Waals surface area contributed by atoms with E-state index in [0.29, 0.717) is 30.2 Å². The monoisotopic (exact) mass is 427 g/mol. The van der Waals surface area contributed by atoms with Crippen molar-refractivity contribution < 1.29 is 13.9 Å². The van der Waals surface area contributed by atoms with Gasteiger partial charge in [-0.15, -0.1) is 0 Å². The summed E-state index contributed by atoms with van der Waals surface area (Å²) in [6.45, 7) is 7.27. The van der Waals surface area contributed by atoms with Crippen molar-refractivity contribution in [2.45, 2.75) is 45.3 Å². The van der Waals surface area contributed by atoms with E-state index < -0.39 is 6.03 Å². The Morgan fingerprint density at radius 3 is 2.32 bits per heavy atom. The number of anilines is 4. The second kappa shape index (κ2) is 9.51. The number of amides is 2. The average molecular weight is 428 g/mol. The van der Waals surface area contributed by atoms with Crippen molar-refractivity contribution in [2.24, 2.45) is 0 Å². The first-order valence-corrected chi connectivity index (χ1v) is 11.0. The number of pyridine rings is 1. The number of piperidine rings is 1. The summed E-state index contributed by atoms with van der Waals surface area (Å²) in [4.78, 5) is 21.0. The van der Waals surface area contributed by atoms with E-state index in [1.54, 1.807) is 18.3 Å². The number of morpholine rings is 1. The number of halogens is 1. The summed E-state index contributed by atoms with van der Waals surface area (Å²) in [5.74, 6) is 0.557. The molecule has 2 N–H and O–H groups in total. The van der Waals surface area contributed by atoms with Crippen LogP contribution in [0.4, 0.5) is 32.1 Å². The molecule has 0 saturated carbocycles. The molecule has 2 amide bonds. The summed E-state index contributed by atoms with van der Waals surface area (Å²) < 4.78 is 20.4. The lowest BCUT2D eigenvalue weighted by atomic mass is 10.1. The summed E-state index contributed by atoms with van der Waals surface area (Å²) in [7, 11) is 0. The second-order valence-corrected chi connectivity index (χ2v) is 8.36. The van der Waals surface area contributed by atoms with Crippen LogP contribution in [0.3, 0.4) is 0 Å². The molecule has 2 aliphatic heterocycles.